The third-order valence-electron chi connectivity index (χ3n) is 4.00. The number of carbonyl (C=O) groups excluding carboxylic acids is 2. The van der Waals surface area contributed by atoms with Gasteiger partial charge in [0, 0.05) is 13.5 Å². The van der Waals surface area contributed by atoms with E-state index in [-0.39, 0.29) is 24.2 Å². The lowest BCUT2D eigenvalue weighted by Crippen LogP contribution is -2.41. The topological polar surface area (TPSA) is 49.4 Å². The average Bonchev–Trinajstić information content (AvgIpc) is 2.54. The Morgan fingerprint density at radius 1 is 1.15 bits per heavy atom. The van der Waals surface area contributed by atoms with Crippen LogP contribution in [0.15, 0.2) is 36.4 Å². The van der Waals surface area contributed by atoms with Crippen LogP contribution in [0, 0.1) is 19.7 Å². The fourth-order valence-corrected chi connectivity index (χ4v) is 3.22. The van der Waals surface area contributed by atoms with Gasteiger partial charge in [0.25, 0.3) is 0 Å². The summed E-state index contributed by atoms with van der Waals surface area (Å²) in [7, 11) is 0. The molecule has 0 aliphatic heterocycles. The number of amides is 2. The predicted octanol–water partition coefficient (Wildman–Crippen LogP) is 3.81. The maximum atomic E-state index is 12.9. The molecular formula is C20H22ClFN2O2. The first kappa shape index (κ1) is 19.9. The number of aryl methyl sites for hydroxylation is 2. The van der Waals surface area contributed by atoms with Gasteiger partial charge >= 0.3 is 0 Å². The van der Waals surface area contributed by atoms with Gasteiger partial charge in [0.2, 0.25) is 11.8 Å². The predicted molar refractivity (Wildman–Crippen MR) is 102 cm³/mol. The molecule has 2 rings (SSSR count). The molecule has 0 heterocycles. The maximum Gasteiger partial charge on any atom is 0.240 e. The average molecular weight is 377 g/mol. The van der Waals surface area contributed by atoms with Gasteiger partial charge in [-0.2, -0.15) is 0 Å². The largest absolute Gasteiger partial charge is 0.354 e. The van der Waals surface area contributed by atoms with Crippen LogP contribution < -0.4 is 10.2 Å². The third kappa shape index (κ3) is 5.30. The maximum absolute atomic E-state index is 12.9. The molecule has 0 spiro atoms. The van der Waals surface area contributed by atoms with Gasteiger partial charge in [-0.25, -0.2) is 4.39 Å². The van der Waals surface area contributed by atoms with E-state index in [1.54, 1.807) is 18.2 Å². The summed E-state index contributed by atoms with van der Waals surface area (Å²) < 4.78 is 12.9. The van der Waals surface area contributed by atoms with E-state index in [9.17, 15) is 14.0 Å². The van der Waals surface area contributed by atoms with Crippen molar-refractivity contribution < 1.29 is 14.0 Å². The molecule has 0 saturated heterocycles. The minimum absolute atomic E-state index is 0.109. The smallest absolute Gasteiger partial charge is 0.240 e. The van der Waals surface area contributed by atoms with Crippen molar-refractivity contribution in [3.8, 4) is 0 Å². The lowest BCUT2D eigenvalue weighted by molar-refractivity contribution is -0.123. The third-order valence-corrected chi connectivity index (χ3v) is 4.29. The van der Waals surface area contributed by atoms with Gasteiger partial charge < -0.3 is 10.2 Å². The molecule has 138 valence electrons. The van der Waals surface area contributed by atoms with E-state index in [0.29, 0.717) is 23.7 Å². The molecule has 0 atom stereocenters. The number of hydrogen-bond acceptors (Lipinski definition) is 2. The summed E-state index contributed by atoms with van der Waals surface area (Å²) in [4.78, 5) is 25.7. The van der Waals surface area contributed by atoms with Gasteiger partial charge in [-0.05, 0) is 55.2 Å². The van der Waals surface area contributed by atoms with Crippen LogP contribution in [-0.2, 0) is 16.0 Å². The standard InChI is InChI=1S/C20H22ClFN2O2/c1-13-10-14(2)20(18(21)11-13)24(15(3)25)12-19(26)23-9-8-16-4-6-17(22)7-5-16/h4-7,10-11H,8-9,12H2,1-3H3,(H,23,26). The first-order chi connectivity index (χ1) is 12.3. The zero-order valence-electron chi connectivity index (χ0n) is 15.1. The van der Waals surface area contributed by atoms with Gasteiger partial charge in [-0.3, -0.25) is 9.59 Å². The molecular weight excluding hydrogens is 355 g/mol. The molecule has 1 N–H and O–H groups in total. The van der Waals surface area contributed by atoms with Crippen LogP contribution in [0.3, 0.4) is 0 Å². The molecule has 2 aromatic carbocycles. The lowest BCUT2D eigenvalue weighted by Gasteiger charge is -2.24. The lowest BCUT2D eigenvalue weighted by atomic mass is 10.1. The van der Waals surface area contributed by atoms with Crippen molar-refractivity contribution in [2.24, 2.45) is 0 Å². The Morgan fingerprint density at radius 3 is 2.38 bits per heavy atom. The Hall–Kier alpha value is -2.40. The summed E-state index contributed by atoms with van der Waals surface area (Å²) in [5.41, 5.74) is 3.30. The minimum Gasteiger partial charge on any atom is -0.354 e. The van der Waals surface area contributed by atoms with Crippen LogP contribution >= 0.6 is 11.6 Å². The van der Waals surface area contributed by atoms with Crippen LogP contribution in [0.2, 0.25) is 5.02 Å². The van der Waals surface area contributed by atoms with Crippen LogP contribution in [0.4, 0.5) is 10.1 Å². The van der Waals surface area contributed by atoms with Crippen LogP contribution in [0.25, 0.3) is 0 Å². The highest BCUT2D eigenvalue weighted by atomic mass is 35.5. The van der Waals surface area contributed by atoms with E-state index in [4.69, 9.17) is 11.6 Å². The van der Waals surface area contributed by atoms with Crippen molar-refractivity contribution in [1.82, 2.24) is 5.32 Å². The van der Waals surface area contributed by atoms with Crippen molar-refractivity contribution in [2.75, 3.05) is 18.0 Å². The van der Waals surface area contributed by atoms with E-state index >= 15 is 0 Å². The van der Waals surface area contributed by atoms with E-state index in [1.807, 2.05) is 19.9 Å². The normalized spacial score (nSPS) is 10.5. The highest BCUT2D eigenvalue weighted by molar-refractivity contribution is 6.34. The number of rotatable bonds is 6. The minimum atomic E-state index is -0.291. The molecule has 0 unspecified atom stereocenters. The first-order valence-corrected chi connectivity index (χ1v) is 8.71. The second-order valence-corrected chi connectivity index (χ2v) is 6.65. The summed E-state index contributed by atoms with van der Waals surface area (Å²) >= 11 is 6.30. The Balaban J connectivity index is 2.00. The molecule has 0 aliphatic rings. The molecule has 2 amide bonds. The summed E-state index contributed by atoms with van der Waals surface area (Å²) in [5, 5.41) is 3.22. The number of carbonyl (C=O) groups is 2. The number of benzene rings is 2. The number of anilines is 1. The zero-order chi connectivity index (χ0) is 19.3. The fraction of sp³-hybridized carbons (Fsp3) is 0.300. The summed E-state index contributed by atoms with van der Waals surface area (Å²) in [6.07, 6.45) is 0.580. The molecule has 6 heteroatoms. The molecule has 0 fully saturated rings. The number of nitrogens with zero attached hydrogens (tertiary/aromatic N) is 1. The number of halogens is 2. The van der Waals surface area contributed by atoms with Crippen LogP contribution in [0.5, 0.6) is 0 Å². The quantitative estimate of drug-likeness (QED) is 0.833. The van der Waals surface area contributed by atoms with Gasteiger partial charge in [0.1, 0.15) is 12.4 Å². The van der Waals surface area contributed by atoms with Gasteiger partial charge in [-0.15, -0.1) is 0 Å². The van der Waals surface area contributed by atoms with E-state index in [1.165, 1.54) is 24.0 Å². The van der Waals surface area contributed by atoms with Crippen molar-refractivity contribution in [1.29, 1.82) is 0 Å². The molecule has 0 saturated carbocycles. The Kier molecular flexibility index (Phi) is 6.75. The number of nitrogens with one attached hydrogen (secondary N) is 1. The molecule has 0 aromatic heterocycles. The Labute approximate surface area is 158 Å². The van der Waals surface area contributed by atoms with E-state index < -0.39 is 0 Å². The second kappa shape index (κ2) is 8.81. The zero-order valence-corrected chi connectivity index (χ0v) is 15.9. The SMILES string of the molecule is CC(=O)N(CC(=O)NCCc1ccc(F)cc1)c1c(C)cc(C)cc1Cl. The van der Waals surface area contributed by atoms with Crippen molar-refractivity contribution in [3.63, 3.8) is 0 Å². The first-order valence-electron chi connectivity index (χ1n) is 8.34. The van der Waals surface area contributed by atoms with E-state index in [2.05, 4.69) is 5.32 Å². The molecule has 2 aromatic rings. The van der Waals surface area contributed by atoms with E-state index in [0.717, 1.165) is 16.7 Å². The monoisotopic (exact) mass is 376 g/mol. The summed E-state index contributed by atoms with van der Waals surface area (Å²) in [5.74, 6) is -0.828. The van der Waals surface area contributed by atoms with Crippen molar-refractivity contribution in [2.45, 2.75) is 27.2 Å². The van der Waals surface area contributed by atoms with Crippen molar-refractivity contribution >= 4 is 29.1 Å². The second-order valence-electron chi connectivity index (χ2n) is 6.24. The summed E-state index contributed by atoms with van der Waals surface area (Å²) in [6, 6.07) is 9.82. The molecule has 0 aliphatic carbocycles. The molecule has 0 radical (unpaired) electrons. The fourth-order valence-electron chi connectivity index (χ4n) is 2.79. The molecule has 0 bridgehead atoms. The van der Waals surface area contributed by atoms with Crippen LogP contribution in [-0.4, -0.2) is 24.9 Å². The highest BCUT2D eigenvalue weighted by Crippen LogP contribution is 2.31. The Morgan fingerprint density at radius 2 is 1.81 bits per heavy atom. The van der Waals surface area contributed by atoms with Crippen molar-refractivity contribution in [3.05, 3.63) is 63.9 Å². The van der Waals surface area contributed by atoms with Gasteiger partial charge in [0.15, 0.2) is 0 Å². The number of hydrogen-bond donors (Lipinski definition) is 1. The highest BCUT2D eigenvalue weighted by Gasteiger charge is 2.20. The molecule has 26 heavy (non-hydrogen) atoms. The van der Waals surface area contributed by atoms with Crippen LogP contribution in [0.1, 0.15) is 23.6 Å². The van der Waals surface area contributed by atoms with Gasteiger partial charge in [-0.1, -0.05) is 29.8 Å². The summed E-state index contributed by atoms with van der Waals surface area (Å²) in [6.45, 7) is 5.47. The molecule has 4 nitrogen and oxygen atoms in total. The Bertz CT molecular complexity index is 783. The van der Waals surface area contributed by atoms with Gasteiger partial charge in [0.05, 0.1) is 10.7 Å².